The first-order chi connectivity index (χ1) is 9.10. The highest BCUT2D eigenvalue weighted by molar-refractivity contribution is 5.57. The van der Waals surface area contributed by atoms with Crippen LogP contribution in [0.4, 0.5) is 14.5 Å². The number of nitrogens with zero attached hydrogens (tertiary/aromatic N) is 1. The van der Waals surface area contributed by atoms with Gasteiger partial charge in [-0.1, -0.05) is 0 Å². The Kier molecular flexibility index (Phi) is 3.94. The van der Waals surface area contributed by atoms with Crippen LogP contribution in [0.3, 0.4) is 0 Å². The number of hydrogen-bond acceptors (Lipinski definition) is 3. The van der Waals surface area contributed by atoms with Crippen molar-refractivity contribution >= 4 is 5.69 Å². The third-order valence-electron chi connectivity index (χ3n) is 2.73. The average molecular weight is 264 g/mol. The molecule has 1 unspecified atom stereocenters. The van der Waals surface area contributed by atoms with Crippen molar-refractivity contribution < 1.29 is 13.5 Å². The lowest BCUT2D eigenvalue weighted by atomic mass is 10.2. The first-order valence-corrected chi connectivity index (χ1v) is 5.81. The molecule has 0 aliphatic heterocycles. The van der Waals surface area contributed by atoms with E-state index in [-0.39, 0.29) is 17.7 Å². The predicted octanol–water partition coefficient (Wildman–Crippen LogP) is 3.54. The molecule has 1 aromatic carbocycles. The quantitative estimate of drug-likeness (QED) is 0.917. The van der Waals surface area contributed by atoms with Gasteiger partial charge in [0.1, 0.15) is 17.4 Å². The predicted molar refractivity (Wildman–Crippen MR) is 69.2 cm³/mol. The summed E-state index contributed by atoms with van der Waals surface area (Å²) in [4.78, 5) is 4.00. The van der Waals surface area contributed by atoms with Crippen LogP contribution in [0.5, 0.6) is 5.75 Å². The van der Waals surface area contributed by atoms with Crippen molar-refractivity contribution in [3.63, 3.8) is 0 Å². The monoisotopic (exact) mass is 264 g/mol. The molecule has 1 aromatic heterocycles. The van der Waals surface area contributed by atoms with Crippen LogP contribution in [0.25, 0.3) is 0 Å². The maximum atomic E-state index is 13.1. The summed E-state index contributed by atoms with van der Waals surface area (Å²) in [5.74, 6) is -0.334. The molecule has 0 aliphatic rings. The van der Waals surface area contributed by atoms with Crippen molar-refractivity contribution in [2.45, 2.75) is 13.0 Å². The maximum absolute atomic E-state index is 13.1. The first kappa shape index (κ1) is 13.3. The molecule has 0 saturated carbocycles. The molecule has 2 aromatic rings. The molecule has 0 radical (unpaired) electrons. The molecule has 1 N–H and O–H groups in total. The minimum Gasteiger partial charge on any atom is -0.494 e. The van der Waals surface area contributed by atoms with E-state index in [1.165, 1.54) is 25.3 Å². The number of aromatic nitrogens is 1. The van der Waals surface area contributed by atoms with Gasteiger partial charge in [0, 0.05) is 6.07 Å². The van der Waals surface area contributed by atoms with Crippen molar-refractivity contribution in [1.29, 1.82) is 0 Å². The largest absolute Gasteiger partial charge is 0.494 e. The fraction of sp³-hybridized carbons (Fsp3) is 0.214. The zero-order valence-electron chi connectivity index (χ0n) is 10.7. The van der Waals surface area contributed by atoms with Gasteiger partial charge in [0.15, 0.2) is 0 Å². The number of benzene rings is 1. The second kappa shape index (κ2) is 5.65. The molecule has 19 heavy (non-hydrogen) atoms. The van der Waals surface area contributed by atoms with E-state index in [1.54, 1.807) is 12.1 Å². The SMILES string of the molecule is COc1cc(F)ccc1NC(C)c1ccc(F)cn1. The highest BCUT2D eigenvalue weighted by Gasteiger charge is 2.10. The lowest BCUT2D eigenvalue weighted by molar-refractivity contribution is 0.412. The fourth-order valence-corrected chi connectivity index (χ4v) is 1.73. The van der Waals surface area contributed by atoms with Crippen molar-refractivity contribution in [1.82, 2.24) is 4.98 Å². The molecule has 5 heteroatoms. The molecule has 0 spiro atoms. The summed E-state index contributed by atoms with van der Waals surface area (Å²) in [5.41, 5.74) is 1.34. The van der Waals surface area contributed by atoms with Gasteiger partial charge in [0.2, 0.25) is 0 Å². The van der Waals surface area contributed by atoms with Crippen molar-refractivity contribution in [3.05, 3.63) is 53.9 Å². The summed E-state index contributed by atoms with van der Waals surface area (Å²) in [5, 5.41) is 3.15. The Labute approximate surface area is 110 Å². The molecule has 0 bridgehead atoms. The van der Waals surface area contributed by atoms with E-state index in [0.717, 1.165) is 6.20 Å². The molecule has 1 heterocycles. The van der Waals surface area contributed by atoms with Crippen LogP contribution in [-0.4, -0.2) is 12.1 Å². The molecular weight excluding hydrogens is 250 g/mol. The topological polar surface area (TPSA) is 34.1 Å². The summed E-state index contributed by atoms with van der Waals surface area (Å²) in [7, 11) is 1.47. The Balaban J connectivity index is 2.18. The molecule has 0 saturated heterocycles. The van der Waals surface area contributed by atoms with Crippen molar-refractivity contribution in [3.8, 4) is 5.75 Å². The van der Waals surface area contributed by atoms with E-state index in [0.29, 0.717) is 17.1 Å². The Bertz CT molecular complexity index is 558. The number of methoxy groups -OCH3 is 1. The van der Waals surface area contributed by atoms with Crippen LogP contribution in [-0.2, 0) is 0 Å². The van der Waals surface area contributed by atoms with Crippen molar-refractivity contribution in [2.24, 2.45) is 0 Å². The van der Waals surface area contributed by atoms with Crippen LogP contribution >= 0.6 is 0 Å². The van der Waals surface area contributed by atoms with E-state index in [1.807, 2.05) is 6.92 Å². The average Bonchev–Trinajstić information content (AvgIpc) is 2.41. The Hall–Kier alpha value is -2.17. The molecular formula is C14H14F2N2O. The van der Waals surface area contributed by atoms with Crippen LogP contribution in [0.15, 0.2) is 36.5 Å². The second-order valence-corrected chi connectivity index (χ2v) is 4.11. The number of anilines is 1. The zero-order chi connectivity index (χ0) is 13.8. The molecule has 3 nitrogen and oxygen atoms in total. The van der Waals surface area contributed by atoms with Gasteiger partial charge in [0.05, 0.1) is 30.7 Å². The van der Waals surface area contributed by atoms with Gasteiger partial charge < -0.3 is 10.1 Å². The number of pyridine rings is 1. The molecule has 2 rings (SSSR count). The lowest BCUT2D eigenvalue weighted by Gasteiger charge is -2.17. The smallest absolute Gasteiger partial charge is 0.144 e. The highest BCUT2D eigenvalue weighted by Crippen LogP contribution is 2.28. The van der Waals surface area contributed by atoms with Gasteiger partial charge in [-0.3, -0.25) is 4.98 Å². The van der Waals surface area contributed by atoms with Crippen molar-refractivity contribution in [2.75, 3.05) is 12.4 Å². The Morgan fingerprint density at radius 3 is 2.53 bits per heavy atom. The summed E-state index contributed by atoms with van der Waals surface area (Å²) < 4.78 is 31.0. The van der Waals surface area contributed by atoms with Gasteiger partial charge in [-0.2, -0.15) is 0 Å². The standard InChI is InChI=1S/C14H14F2N2O/c1-9(12-5-4-11(16)8-17-12)18-13-6-3-10(15)7-14(13)19-2/h3-9,18H,1-2H3. The summed E-state index contributed by atoms with van der Waals surface area (Å²) in [6, 6.07) is 7.03. The van der Waals surface area contributed by atoms with Crippen LogP contribution in [0, 0.1) is 11.6 Å². The molecule has 0 amide bonds. The fourth-order valence-electron chi connectivity index (χ4n) is 1.73. The van der Waals surface area contributed by atoms with Gasteiger partial charge in [-0.15, -0.1) is 0 Å². The van der Waals surface area contributed by atoms with Gasteiger partial charge >= 0.3 is 0 Å². The van der Waals surface area contributed by atoms with E-state index in [4.69, 9.17) is 4.74 Å². The summed E-state index contributed by atoms with van der Waals surface area (Å²) in [6.07, 6.45) is 1.16. The molecule has 0 fully saturated rings. The number of ether oxygens (including phenoxy) is 1. The Morgan fingerprint density at radius 1 is 1.16 bits per heavy atom. The number of hydrogen-bond donors (Lipinski definition) is 1. The maximum Gasteiger partial charge on any atom is 0.144 e. The second-order valence-electron chi connectivity index (χ2n) is 4.11. The third-order valence-corrected chi connectivity index (χ3v) is 2.73. The highest BCUT2D eigenvalue weighted by atomic mass is 19.1. The molecule has 0 aliphatic carbocycles. The summed E-state index contributed by atoms with van der Waals surface area (Å²) >= 11 is 0. The van der Waals surface area contributed by atoms with E-state index < -0.39 is 0 Å². The summed E-state index contributed by atoms with van der Waals surface area (Å²) in [6.45, 7) is 1.88. The number of halogens is 2. The van der Waals surface area contributed by atoms with E-state index in [2.05, 4.69) is 10.3 Å². The van der Waals surface area contributed by atoms with Crippen LogP contribution in [0.1, 0.15) is 18.7 Å². The van der Waals surface area contributed by atoms with Crippen LogP contribution < -0.4 is 10.1 Å². The number of nitrogens with one attached hydrogen (secondary N) is 1. The third kappa shape index (κ3) is 3.19. The van der Waals surface area contributed by atoms with Gasteiger partial charge in [-0.25, -0.2) is 8.78 Å². The molecule has 100 valence electrons. The van der Waals surface area contributed by atoms with Gasteiger partial charge in [-0.05, 0) is 31.2 Å². The van der Waals surface area contributed by atoms with E-state index >= 15 is 0 Å². The lowest BCUT2D eigenvalue weighted by Crippen LogP contribution is -2.09. The minimum atomic E-state index is -0.379. The van der Waals surface area contributed by atoms with Crippen LogP contribution in [0.2, 0.25) is 0 Å². The van der Waals surface area contributed by atoms with E-state index in [9.17, 15) is 8.78 Å². The normalized spacial score (nSPS) is 12.0. The van der Waals surface area contributed by atoms with Gasteiger partial charge in [0.25, 0.3) is 0 Å². The Morgan fingerprint density at radius 2 is 1.89 bits per heavy atom. The molecule has 1 atom stereocenters. The first-order valence-electron chi connectivity index (χ1n) is 5.81. The number of rotatable bonds is 4. The zero-order valence-corrected chi connectivity index (χ0v) is 10.7. The minimum absolute atomic E-state index is 0.153.